The second-order valence-corrected chi connectivity index (χ2v) is 8.61. The van der Waals surface area contributed by atoms with Crippen LogP contribution >= 0.6 is 11.8 Å². The quantitative estimate of drug-likeness (QED) is 0.359. The summed E-state index contributed by atoms with van der Waals surface area (Å²) in [6.45, 7) is 10.6. The summed E-state index contributed by atoms with van der Waals surface area (Å²) in [5.41, 5.74) is 5.57. The van der Waals surface area contributed by atoms with E-state index in [0.29, 0.717) is 0 Å². The van der Waals surface area contributed by atoms with Gasteiger partial charge in [0.15, 0.2) is 5.65 Å². The smallest absolute Gasteiger partial charge is 0.211 e. The predicted molar refractivity (Wildman–Crippen MR) is 126 cm³/mol. The molecule has 2 heterocycles. The normalized spacial score (nSPS) is 11.7. The Morgan fingerprint density at radius 1 is 1.00 bits per heavy atom. The highest BCUT2D eigenvalue weighted by molar-refractivity contribution is 7.99. The van der Waals surface area contributed by atoms with E-state index in [1.165, 1.54) is 16.6 Å². The van der Waals surface area contributed by atoms with E-state index in [2.05, 4.69) is 89.0 Å². The van der Waals surface area contributed by atoms with Gasteiger partial charge in [0.05, 0.1) is 5.52 Å². The van der Waals surface area contributed by atoms with E-state index in [-0.39, 0.29) is 0 Å². The van der Waals surface area contributed by atoms with Crippen LogP contribution in [0.3, 0.4) is 0 Å². The number of hydrogen-bond acceptors (Lipinski definition) is 5. The molecule has 0 atom stereocenters. The molecule has 156 valence electrons. The highest BCUT2D eigenvalue weighted by Gasteiger charge is 2.15. The predicted octanol–water partition coefficient (Wildman–Crippen LogP) is 4.96. The van der Waals surface area contributed by atoms with Crippen LogP contribution in [-0.4, -0.2) is 50.0 Å². The Kier molecular flexibility index (Phi) is 6.65. The van der Waals surface area contributed by atoms with Gasteiger partial charge in [-0.05, 0) is 44.1 Å². The minimum atomic E-state index is 0.759. The number of hydrogen-bond donors (Lipinski definition) is 0. The van der Waals surface area contributed by atoms with Crippen LogP contribution in [0.2, 0.25) is 0 Å². The number of fused-ring (bicyclic) bond motifs is 3. The molecule has 2 aromatic heterocycles. The molecule has 2 aromatic carbocycles. The molecule has 0 aliphatic carbocycles. The van der Waals surface area contributed by atoms with Crippen LogP contribution in [0.4, 0.5) is 0 Å². The molecule has 30 heavy (non-hydrogen) atoms. The van der Waals surface area contributed by atoms with E-state index in [0.717, 1.165) is 60.1 Å². The van der Waals surface area contributed by atoms with E-state index in [9.17, 15) is 0 Å². The number of aryl methyl sites for hydroxylation is 3. The monoisotopic (exact) mass is 419 g/mol. The van der Waals surface area contributed by atoms with Gasteiger partial charge in [-0.1, -0.05) is 67.6 Å². The second-order valence-electron chi connectivity index (χ2n) is 7.55. The number of aromatic nitrogens is 4. The van der Waals surface area contributed by atoms with Gasteiger partial charge in [0.25, 0.3) is 0 Å². The first kappa shape index (κ1) is 20.8. The first-order valence-electron chi connectivity index (χ1n) is 10.7. The van der Waals surface area contributed by atoms with E-state index in [4.69, 9.17) is 4.98 Å². The molecule has 0 spiro atoms. The van der Waals surface area contributed by atoms with Crippen molar-refractivity contribution < 1.29 is 0 Å². The Balaban J connectivity index is 1.65. The summed E-state index contributed by atoms with van der Waals surface area (Å²) < 4.78 is 2.31. The van der Waals surface area contributed by atoms with Crippen molar-refractivity contribution in [2.75, 3.05) is 25.4 Å². The maximum atomic E-state index is 4.94. The molecule has 6 heteroatoms. The van der Waals surface area contributed by atoms with Gasteiger partial charge in [-0.15, -0.1) is 10.2 Å². The van der Waals surface area contributed by atoms with Crippen molar-refractivity contribution in [1.82, 2.24) is 24.6 Å². The van der Waals surface area contributed by atoms with Crippen LogP contribution < -0.4 is 0 Å². The maximum Gasteiger partial charge on any atom is 0.211 e. The van der Waals surface area contributed by atoms with Crippen LogP contribution in [0.1, 0.15) is 25.0 Å². The summed E-state index contributed by atoms with van der Waals surface area (Å²) in [6.07, 6.45) is 0.960. The molecule has 0 aliphatic heterocycles. The van der Waals surface area contributed by atoms with Crippen LogP contribution in [0.5, 0.6) is 0 Å². The van der Waals surface area contributed by atoms with Crippen molar-refractivity contribution in [1.29, 1.82) is 0 Å². The zero-order valence-electron chi connectivity index (χ0n) is 18.0. The zero-order valence-corrected chi connectivity index (χ0v) is 18.8. The van der Waals surface area contributed by atoms with E-state index < -0.39 is 0 Å². The van der Waals surface area contributed by atoms with Crippen LogP contribution in [-0.2, 0) is 13.0 Å². The molecule has 0 bridgehead atoms. The third kappa shape index (κ3) is 4.50. The lowest BCUT2D eigenvalue weighted by Gasteiger charge is -2.16. The summed E-state index contributed by atoms with van der Waals surface area (Å²) in [6, 6.07) is 17.2. The Morgan fingerprint density at radius 3 is 2.57 bits per heavy atom. The highest BCUT2D eigenvalue weighted by Crippen LogP contribution is 2.28. The standard InChI is InChI=1S/C24H29N5S/c1-4-28(5-2)15-16-30-24-25-23-22(26-27-24)20-17-18(3)11-12-21(20)29(23)14-13-19-9-7-6-8-10-19/h6-12,17H,4-5,13-16H2,1-3H3. The number of thioether (sulfide) groups is 1. The molecule has 0 aliphatic rings. The minimum Gasteiger partial charge on any atom is -0.323 e. The van der Waals surface area contributed by atoms with Crippen LogP contribution in [0.15, 0.2) is 53.7 Å². The molecular weight excluding hydrogens is 390 g/mol. The van der Waals surface area contributed by atoms with Crippen molar-refractivity contribution >= 4 is 33.8 Å². The molecule has 0 fully saturated rings. The van der Waals surface area contributed by atoms with Gasteiger partial charge in [-0.3, -0.25) is 0 Å². The van der Waals surface area contributed by atoms with Crippen molar-refractivity contribution in [3.63, 3.8) is 0 Å². The molecule has 0 saturated carbocycles. The summed E-state index contributed by atoms with van der Waals surface area (Å²) in [5.74, 6) is 0.970. The van der Waals surface area contributed by atoms with Crippen molar-refractivity contribution in [3.05, 3.63) is 59.7 Å². The average Bonchev–Trinajstić information content (AvgIpc) is 3.08. The van der Waals surface area contributed by atoms with E-state index in [1.807, 2.05) is 0 Å². The first-order valence-corrected chi connectivity index (χ1v) is 11.7. The maximum absolute atomic E-state index is 4.94. The highest BCUT2D eigenvalue weighted by atomic mass is 32.2. The van der Waals surface area contributed by atoms with Gasteiger partial charge in [0, 0.05) is 24.2 Å². The second kappa shape index (κ2) is 9.58. The molecule has 4 rings (SSSR count). The van der Waals surface area contributed by atoms with Crippen LogP contribution in [0.25, 0.3) is 22.1 Å². The van der Waals surface area contributed by atoms with Gasteiger partial charge in [-0.2, -0.15) is 0 Å². The minimum absolute atomic E-state index is 0.759. The van der Waals surface area contributed by atoms with Crippen LogP contribution in [0, 0.1) is 6.92 Å². The molecule has 0 radical (unpaired) electrons. The Morgan fingerprint density at radius 2 is 1.80 bits per heavy atom. The molecule has 0 N–H and O–H groups in total. The zero-order chi connectivity index (χ0) is 20.9. The summed E-state index contributed by atoms with van der Waals surface area (Å²) in [7, 11) is 0. The number of rotatable bonds is 9. The molecule has 0 unspecified atom stereocenters. The lowest BCUT2D eigenvalue weighted by Crippen LogP contribution is -2.25. The fourth-order valence-electron chi connectivity index (χ4n) is 3.83. The molecule has 4 aromatic rings. The molecule has 0 saturated heterocycles. The van der Waals surface area contributed by atoms with E-state index in [1.54, 1.807) is 11.8 Å². The molecular formula is C24H29N5S. The summed E-state index contributed by atoms with van der Waals surface area (Å²) in [5, 5.41) is 10.9. The fourth-order valence-corrected chi connectivity index (χ4v) is 4.62. The number of nitrogens with zero attached hydrogens (tertiary/aromatic N) is 5. The average molecular weight is 420 g/mol. The van der Waals surface area contributed by atoms with Crippen molar-refractivity contribution in [3.8, 4) is 0 Å². The van der Waals surface area contributed by atoms with Gasteiger partial charge >= 0.3 is 0 Å². The van der Waals surface area contributed by atoms with Gasteiger partial charge in [-0.25, -0.2) is 4.98 Å². The molecule has 0 amide bonds. The third-order valence-electron chi connectivity index (χ3n) is 5.60. The Labute approximate surface area is 182 Å². The lowest BCUT2D eigenvalue weighted by atomic mass is 10.1. The van der Waals surface area contributed by atoms with Crippen molar-refractivity contribution in [2.24, 2.45) is 0 Å². The Hall–Kier alpha value is -2.44. The lowest BCUT2D eigenvalue weighted by molar-refractivity contribution is 0.324. The first-order chi connectivity index (χ1) is 14.7. The largest absolute Gasteiger partial charge is 0.323 e. The van der Waals surface area contributed by atoms with E-state index >= 15 is 0 Å². The number of benzene rings is 2. The van der Waals surface area contributed by atoms with Gasteiger partial charge in [0.2, 0.25) is 5.16 Å². The fraction of sp³-hybridized carbons (Fsp3) is 0.375. The van der Waals surface area contributed by atoms with Gasteiger partial charge < -0.3 is 9.47 Å². The Bertz CT molecular complexity index is 1120. The third-order valence-corrected chi connectivity index (χ3v) is 6.42. The summed E-state index contributed by atoms with van der Waals surface area (Å²) in [4.78, 5) is 7.35. The van der Waals surface area contributed by atoms with Crippen molar-refractivity contribution in [2.45, 2.75) is 38.9 Å². The van der Waals surface area contributed by atoms with Gasteiger partial charge in [0.1, 0.15) is 5.52 Å². The SMILES string of the molecule is CCN(CC)CCSc1nnc2c3cc(C)ccc3n(CCc3ccccc3)c2n1. The molecule has 5 nitrogen and oxygen atoms in total. The summed E-state index contributed by atoms with van der Waals surface area (Å²) >= 11 is 1.69. The topological polar surface area (TPSA) is 46.8 Å².